The second kappa shape index (κ2) is 3.78. The summed E-state index contributed by atoms with van der Waals surface area (Å²) in [5.74, 6) is 0. The van der Waals surface area contributed by atoms with Crippen molar-refractivity contribution >= 4 is 41.6 Å². The van der Waals surface area contributed by atoms with Crippen molar-refractivity contribution in [2.75, 3.05) is 0 Å². The van der Waals surface area contributed by atoms with Gasteiger partial charge in [-0.25, -0.2) is 0 Å². The molecule has 0 aliphatic rings. The van der Waals surface area contributed by atoms with E-state index < -0.39 is 10.1 Å². The van der Waals surface area contributed by atoms with Crippen LogP contribution in [0, 0.1) is 6.92 Å². The predicted octanol–water partition coefficient (Wildman–Crippen LogP) is 3.61. The molecule has 1 heterocycles. The first-order valence-corrected chi connectivity index (χ1v) is 7.61. The Kier molecular flexibility index (Phi) is 2.45. The summed E-state index contributed by atoms with van der Waals surface area (Å²) in [7, 11) is -4.15. The maximum absolute atomic E-state index is 11.2. The maximum Gasteiger partial charge on any atom is 0.294 e. The molecule has 2 aromatic carbocycles. The second-order valence-corrected chi connectivity index (χ2v) is 6.74. The summed E-state index contributed by atoms with van der Waals surface area (Å²) >= 11 is 1.61. The molecule has 5 heteroatoms. The lowest BCUT2D eigenvalue weighted by Crippen LogP contribution is -1.96. The Morgan fingerprint density at radius 2 is 1.61 bits per heavy atom. The number of rotatable bonds is 1. The van der Waals surface area contributed by atoms with E-state index in [0.29, 0.717) is 0 Å². The summed E-state index contributed by atoms with van der Waals surface area (Å²) in [5.41, 5.74) is 1.12. The van der Waals surface area contributed by atoms with Crippen LogP contribution in [0.2, 0.25) is 0 Å². The largest absolute Gasteiger partial charge is 0.294 e. The molecule has 0 atom stereocenters. The van der Waals surface area contributed by atoms with Crippen molar-refractivity contribution in [3.8, 4) is 0 Å². The van der Waals surface area contributed by atoms with Crippen LogP contribution in [0.5, 0.6) is 0 Å². The zero-order valence-corrected chi connectivity index (χ0v) is 11.2. The Morgan fingerprint density at radius 3 is 2.28 bits per heavy atom. The van der Waals surface area contributed by atoms with Crippen LogP contribution in [-0.4, -0.2) is 13.0 Å². The quantitative estimate of drug-likeness (QED) is 0.692. The van der Waals surface area contributed by atoms with E-state index in [-0.39, 0.29) is 4.90 Å². The maximum atomic E-state index is 11.2. The zero-order chi connectivity index (χ0) is 12.9. The van der Waals surface area contributed by atoms with Crippen LogP contribution < -0.4 is 0 Å². The van der Waals surface area contributed by atoms with Crippen LogP contribution in [-0.2, 0) is 10.1 Å². The molecule has 0 radical (unpaired) electrons. The van der Waals surface area contributed by atoms with E-state index in [0.717, 1.165) is 25.7 Å². The Bertz CT molecular complexity index is 860. The van der Waals surface area contributed by atoms with E-state index in [9.17, 15) is 8.42 Å². The molecule has 0 bridgehead atoms. The summed E-state index contributed by atoms with van der Waals surface area (Å²) < 4.78 is 33.5. The number of hydrogen-bond acceptors (Lipinski definition) is 3. The van der Waals surface area contributed by atoms with Crippen molar-refractivity contribution in [1.82, 2.24) is 0 Å². The molecular formula is C13H10O3S2. The molecule has 0 saturated heterocycles. The number of fused-ring (bicyclic) bond motifs is 3. The Hall–Kier alpha value is -1.43. The highest BCUT2D eigenvalue weighted by Crippen LogP contribution is 2.35. The molecule has 3 aromatic rings. The van der Waals surface area contributed by atoms with E-state index in [4.69, 9.17) is 4.55 Å². The third kappa shape index (κ3) is 1.80. The van der Waals surface area contributed by atoms with Crippen LogP contribution in [0.25, 0.3) is 20.2 Å². The summed E-state index contributed by atoms with van der Waals surface area (Å²) in [6.45, 7) is 2.00. The van der Waals surface area contributed by atoms with Crippen LogP contribution in [0.15, 0.2) is 41.3 Å². The normalized spacial score (nSPS) is 12.3. The highest BCUT2D eigenvalue weighted by molar-refractivity contribution is 7.85. The number of benzene rings is 2. The van der Waals surface area contributed by atoms with Crippen molar-refractivity contribution in [3.63, 3.8) is 0 Å². The molecule has 92 valence electrons. The van der Waals surface area contributed by atoms with Gasteiger partial charge in [0.05, 0.1) is 4.90 Å². The average Bonchev–Trinajstić information content (AvgIpc) is 2.65. The summed E-state index contributed by atoms with van der Waals surface area (Å²) in [6.07, 6.45) is 0. The van der Waals surface area contributed by atoms with Crippen molar-refractivity contribution in [2.24, 2.45) is 0 Å². The average molecular weight is 278 g/mol. The molecule has 0 aliphatic carbocycles. The van der Waals surface area contributed by atoms with Crippen LogP contribution >= 0.6 is 11.3 Å². The van der Waals surface area contributed by atoms with Gasteiger partial charge in [0.2, 0.25) is 0 Å². The standard InChI is InChI=1S/C13H10O3S2/c1-8-2-4-12-10(6-8)11-7-9(18(14,15)16)3-5-13(11)17-12/h2-7H,1H3,(H,14,15,16). The molecule has 18 heavy (non-hydrogen) atoms. The Morgan fingerprint density at radius 1 is 1.00 bits per heavy atom. The summed E-state index contributed by atoms with van der Waals surface area (Å²) in [6, 6.07) is 10.8. The number of hydrogen-bond donors (Lipinski definition) is 1. The van der Waals surface area contributed by atoms with Gasteiger partial charge >= 0.3 is 0 Å². The fourth-order valence-electron chi connectivity index (χ4n) is 2.03. The molecule has 0 unspecified atom stereocenters. The second-order valence-electron chi connectivity index (χ2n) is 4.23. The molecule has 3 rings (SSSR count). The van der Waals surface area contributed by atoms with Gasteiger partial charge in [-0.1, -0.05) is 11.6 Å². The smallest absolute Gasteiger partial charge is 0.282 e. The van der Waals surface area contributed by atoms with Crippen LogP contribution in [0.1, 0.15) is 5.56 Å². The SMILES string of the molecule is Cc1ccc2sc3ccc(S(=O)(=O)O)cc3c2c1. The van der Waals surface area contributed by atoms with Gasteiger partial charge in [-0.2, -0.15) is 8.42 Å². The zero-order valence-electron chi connectivity index (χ0n) is 9.54. The minimum Gasteiger partial charge on any atom is -0.282 e. The third-order valence-corrected chi connectivity index (χ3v) is 4.90. The fourth-order valence-corrected chi connectivity index (χ4v) is 3.60. The number of aryl methyl sites for hydroxylation is 1. The first-order chi connectivity index (χ1) is 8.45. The molecule has 3 nitrogen and oxygen atoms in total. The Labute approximate surface area is 108 Å². The van der Waals surface area contributed by atoms with Gasteiger partial charge in [-0.05, 0) is 37.3 Å². The lowest BCUT2D eigenvalue weighted by Gasteiger charge is -1.98. The molecule has 0 amide bonds. The molecule has 1 N–H and O–H groups in total. The fraction of sp³-hybridized carbons (Fsp3) is 0.0769. The lowest BCUT2D eigenvalue weighted by molar-refractivity contribution is 0.483. The molecule has 0 saturated carbocycles. The molecular weight excluding hydrogens is 268 g/mol. The molecule has 0 spiro atoms. The molecule has 0 fully saturated rings. The highest BCUT2D eigenvalue weighted by atomic mass is 32.2. The van der Waals surface area contributed by atoms with Crippen molar-refractivity contribution in [2.45, 2.75) is 11.8 Å². The highest BCUT2D eigenvalue weighted by Gasteiger charge is 2.12. The van der Waals surface area contributed by atoms with Gasteiger partial charge in [-0.3, -0.25) is 4.55 Å². The van der Waals surface area contributed by atoms with Crippen LogP contribution in [0.3, 0.4) is 0 Å². The molecule has 1 aromatic heterocycles. The third-order valence-electron chi connectivity index (χ3n) is 2.89. The van der Waals surface area contributed by atoms with E-state index in [1.165, 1.54) is 12.1 Å². The monoisotopic (exact) mass is 278 g/mol. The van der Waals surface area contributed by atoms with Gasteiger partial charge in [-0.15, -0.1) is 11.3 Å². The van der Waals surface area contributed by atoms with Gasteiger partial charge in [0.1, 0.15) is 0 Å². The van der Waals surface area contributed by atoms with E-state index in [2.05, 4.69) is 0 Å². The van der Waals surface area contributed by atoms with Gasteiger partial charge in [0.15, 0.2) is 0 Å². The topological polar surface area (TPSA) is 54.4 Å². The van der Waals surface area contributed by atoms with Crippen LogP contribution in [0.4, 0.5) is 0 Å². The minimum absolute atomic E-state index is 0.0591. The first-order valence-electron chi connectivity index (χ1n) is 5.35. The van der Waals surface area contributed by atoms with Crippen molar-refractivity contribution in [1.29, 1.82) is 0 Å². The summed E-state index contributed by atoms with van der Waals surface area (Å²) in [4.78, 5) is -0.0591. The first kappa shape index (κ1) is 11.6. The molecule has 0 aliphatic heterocycles. The predicted molar refractivity (Wildman–Crippen MR) is 73.9 cm³/mol. The van der Waals surface area contributed by atoms with E-state index in [1.54, 1.807) is 17.4 Å². The Balaban J connectivity index is 2.45. The number of thiophene rings is 1. The van der Waals surface area contributed by atoms with Crippen molar-refractivity contribution in [3.05, 3.63) is 42.0 Å². The minimum atomic E-state index is -4.15. The van der Waals surface area contributed by atoms with E-state index >= 15 is 0 Å². The van der Waals surface area contributed by atoms with Gasteiger partial charge in [0, 0.05) is 20.2 Å². The van der Waals surface area contributed by atoms with Crippen molar-refractivity contribution < 1.29 is 13.0 Å². The van der Waals surface area contributed by atoms with Gasteiger partial charge < -0.3 is 0 Å². The lowest BCUT2D eigenvalue weighted by atomic mass is 10.1. The van der Waals surface area contributed by atoms with E-state index in [1.807, 2.05) is 25.1 Å². The summed E-state index contributed by atoms with van der Waals surface area (Å²) in [5, 5.41) is 1.90. The van der Waals surface area contributed by atoms with Gasteiger partial charge in [0.25, 0.3) is 10.1 Å².